The first-order valence-corrected chi connectivity index (χ1v) is 3.25. The molecule has 0 saturated carbocycles. The Kier molecular flexibility index (Phi) is 1.89. The summed E-state index contributed by atoms with van der Waals surface area (Å²) >= 11 is 0. The number of rotatable bonds is 1. The molecule has 0 aromatic carbocycles. The molecule has 1 aliphatic carbocycles. The molecular formula is C8H8O3. The van der Waals surface area contributed by atoms with E-state index in [0.717, 1.165) is 5.57 Å². The molecule has 1 N–H and O–H groups in total. The van der Waals surface area contributed by atoms with E-state index in [2.05, 4.69) is 0 Å². The third-order valence-electron chi connectivity index (χ3n) is 1.50. The van der Waals surface area contributed by atoms with Crippen molar-refractivity contribution in [2.24, 2.45) is 0 Å². The predicted molar refractivity (Wildman–Crippen MR) is 39.1 cm³/mol. The van der Waals surface area contributed by atoms with E-state index in [1.807, 2.05) is 0 Å². The molecule has 0 aromatic heterocycles. The van der Waals surface area contributed by atoms with Crippen molar-refractivity contribution in [2.45, 2.75) is 13.3 Å². The van der Waals surface area contributed by atoms with E-state index < -0.39 is 5.97 Å². The molecule has 1 rings (SSSR count). The molecule has 0 atom stereocenters. The SMILES string of the molecule is CC1=CC=C(C(=O)O)C(=O)C1. The zero-order chi connectivity index (χ0) is 8.43. The van der Waals surface area contributed by atoms with Crippen molar-refractivity contribution in [3.05, 3.63) is 23.3 Å². The second kappa shape index (κ2) is 2.70. The molecule has 1 aliphatic rings. The van der Waals surface area contributed by atoms with Gasteiger partial charge < -0.3 is 5.11 Å². The molecule has 0 bridgehead atoms. The van der Waals surface area contributed by atoms with Gasteiger partial charge in [-0.2, -0.15) is 0 Å². The standard InChI is InChI=1S/C8H8O3/c1-5-2-3-6(8(10)11)7(9)4-5/h2-3H,4H2,1H3,(H,10,11). The highest BCUT2D eigenvalue weighted by molar-refractivity contribution is 6.18. The Labute approximate surface area is 64.0 Å². The summed E-state index contributed by atoms with van der Waals surface area (Å²) in [6.07, 6.45) is 3.24. The van der Waals surface area contributed by atoms with E-state index in [-0.39, 0.29) is 17.8 Å². The third-order valence-corrected chi connectivity index (χ3v) is 1.50. The number of carbonyl (C=O) groups excluding carboxylic acids is 1. The zero-order valence-corrected chi connectivity index (χ0v) is 6.13. The van der Waals surface area contributed by atoms with Crippen LogP contribution in [0.2, 0.25) is 0 Å². The van der Waals surface area contributed by atoms with Crippen molar-refractivity contribution in [3.8, 4) is 0 Å². The third kappa shape index (κ3) is 1.55. The van der Waals surface area contributed by atoms with Crippen LogP contribution in [-0.2, 0) is 9.59 Å². The number of hydrogen-bond donors (Lipinski definition) is 1. The molecule has 0 aliphatic heterocycles. The lowest BCUT2D eigenvalue weighted by atomic mass is 9.98. The van der Waals surface area contributed by atoms with E-state index in [9.17, 15) is 9.59 Å². The fourth-order valence-corrected chi connectivity index (χ4v) is 0.917. The van der Waals surface area contributed by atoms with E-state index in [1.165, 1.54) is 6.08 Å². The molecule has 0 aromatic rings. The topological polar surface area (TPSA) is 54.4 Å². The van der Waals surface area contributed by atoms with Crippen LogP contribution in [0.3, 0.4) is 0 Å². The Bertz CT molecular complexity index is 271. The van der Waals surface area contributed by atoms with Crippen LogP contribution >= 0.6 is 0 Å². The van der Waals surface area contributed by atoms with Crippen LogP contribution in [-0.4, -0.2) is 16.9 Å². The Balaban J connectivity index is 2.96. The van der Waals surface area contributed by atoms with Crippen molar-refractivity contribution < 1.29 is 14.7 Å². The quantitative estimate of drug-likeness (QED) is 0.568. The minimum atomic E-state index is -1.14. The number of Topliss-reactive ketones (excluding diaryl/α,β-unsaturated/α-hetero) is 1. The van der Waals surface area contributed by atoms with Crippen molar-refractivity contribution in [1.29, 1.82) is 0 Å². The van der Waals surface area contributed by atoms with Gasteiger partial charge in [-0.25, -0.2) is 4.79 Å². The maximum absolute atomic E-state index is 11.0. The normalized spacial score (nSPS) is 17.4. The number of carboxylic acid groups (broad SMARTS) is 1. The Morgan fingerprint density at radius 3 is 2.64 bits per heavy atom. The molecule has 0 amide bonds. The minimum Gasteiger partial charge on any atom is -0.478 e. The molecule has 11 heavy (non-hydrogen) atoms. The average Bonchev–Trinajstić information content (AvgIpc) is 1.85. The van der Waals surface area contributed by atoms with Crippen molar-refractivity contribution in [1.82, 2.24) is 0 Å². The molecular weight excluding hydrogens is 144 g/mol. The number of aliphatic carboxylic acids is 1. The maximum atomic E-state index is 11.0. The van der Waals surface area contributed by atoms with Crippen LogP contribution < -0.4 is 0 Å². The molecule has 0 fully saturated rings. The summed E-state index contributed by atoms with van der Waals surface area (Å²) < 4.78 is 0. The average molecular weight is 152 g/mol. The molecule has 0 saturated heterocycles. The van der Waals surface area contributed by atoms with Gasteiger partial charge in [0.1, 0.15) is 5.57 Å². The van der Waals surface area contributed by atoms with Crippen molar-refractivity contribution in [3.63, 3.8) is 0 Å². The highest BCUT2D eigenvalue weighted by Crippen LogP contribution is 2.13. The van der Waals surface area contributed by atoms with Gasteiger partial charge in [0, 0.05) is 6.42 Å². The molecule has 0 radical (unpaired) electrons. The number of hydrogen-bond acceptors (Lipinski definition) is 2. The van der Waals surface area contributed by atoms with Crippen LogP contribution in [0.1, 0.15) is 13.3 Å². The van der Waals surface area contributed by atoms with Crippen LogP contribution in [0.15, 0.2) is 23.3 Å². The Hall–Kier alpha value is -1.38. The lowest BCUT2D eigenvalue weighted by Gasteiger charge is -2.05. The summed E-state index contributed by atoms with van der Waals surface area (Å²) in [6.45, 7) is 1.80. The monoisotopic (exact) mass is 152 g/mol. The van der Waals surface area contributed by atoms with Gasteiger partial charge in [-0.05, 0) is 13.0 Å². The molecule has 58 valence electrons. The van der Waals surface area contributed by atoms with E-state index >= 15 is 0 Å². The molecule has 0 unspecified atom stereocenters. The van der Waals surface area contributed by atoms with Gasteiger partial charge in [0.05, 0.1) is 0 Å². The van der Waals surface area contributed by atoms with Crippen molar-refractivity contribution >= 4 is 11.8 Å². The Morgan fingerprint density at radius 1 is 1.55 bits per heavy atom. The van der Waals surface area contributed by atoms with Gasteiger partial charge >= 0.3 is 5.97 Å². The first-order chi connectivity index (χ1) is 5.11. The summed E-state index contributed by atoms with van der Waals surface area (Å²) in [4.78, 5) is 21.3. The lowest BCUT2D eigenvalue weighted by Crippen LogP contribution is -2.14. The predicted octanol–water partition coefficient (Wildman–Crippen LogP) is 0.917. The molecule has 3 nitrogen and oxygen atoms in total. The second-order valence-corrected chi connectivity index (χ2v) is 2.50. The van der Waals surface area contributed by atoms with E-state index in [4.69, 9.17) is 5.11 Å². The summed E-state index contributed by atoms with van der Waals surface area (Å²) in [5, 5.41) is 8.48. The maximum Gasteiger partial charge on any atom is 0.339 e. The number of carbonyl (C=O) groups is 2. The van der Waals surface area contributed by atoms with Gasteiger partial charge in [0.25, 0.3) is 0 Å². The van der Waals surface area contributed by atoms with E-state index in [0.29, 0.717) is 0 Å². The van der Waals surface area contributed by atoms with Crippen LogP contribution in [0.5, 0.6) is 0 Å². The smallest absolute Gasteiger partial charge is 0.339 e. The fourth-order valence-electron chi connectivity index (χ4n) is 0.917. The van der Waals surface area contributed by atoms with E-state index in [1.54, 1.807) is 13.0 Å². The summed E-state index contributed by atoms with van der Waals surface area (Å²) in [5.74, 6) is -1.45. The first kappa shape index (κ1) is 7.72. The largest absolute Gasteiger partial charge is 0.478 e. The van der Waals surface area contributed by atoms with Crippen molar-refractivity contribution in [2.75, 3.05) is 0 Å². The Morgan fingerprint density at radius 2 is 2.18 bits per heavy atom. The first-order valence-electron chi connectivity index (χ1n) is 3.25. The van der Waals surface area contributed by atoms with Gasteiger partial charge in [0.2, 0.25) is 0 Å². The molecule has 0 spiro atoms. The van der Waals surface area contributed by atoms with Gasteiger partial charge in [0.15, 0.2) is 5.78 Å². The summed E-state index contributed by atoms with van der Waals surface area (Å²) in [7, 11) is 0. The minimum absolute atomic E-state index is 0.115. The van der Waals surface area contributed by atoms with Crippen LogP contribution in [0.25, 0.3) is 0 Å². The molecule has 0 heterocycles. The van der Waals surface area contributed by atoms with Gasteiger partial charge in [-0.3, -0.25) is 4.79 Å². The van der Waals surface area contributed by atoms with Gasteiger partial charge in [-0.1, -0.05) is 11.6 Å². The summed E-state index contributed by atoms with van der Waals surface area (Å²) in [6, 6.07) is 0. The number of ketones is 1. The zero-order valence-electron chi connectivity index (χ0n) is 6.13. The van der Waals surface area contributed by atoms with Crippen LogP contribution in [0, 0.1) is 0 Å². The van der Waals surface area contributed by atoms with Crippen LogP contribution in [0.4, 0.5) is 0 Å². The lowest BCUT2D eigenvalue weighted by molar-refractivity contribution is -0.134. The highest BCUT2D eigenvalue weighted by Gasteiger charge is 2.18. The number of allylic oxidation sites excluding steroid dienone is 3. The summed E-state index contributed by atoms with van der Waals surface area (Å²) in [5.41, 5.74) is 0.788. The molecule has 3 heteroatoms. The second-order valence-electron chi connectivity index (χ2n) is 2.50. The number of carboxylic acids is 1. The van der Waals surface area contributed by atoms with Gasteiger partial charge in [-0.15, -0.1) is 0 Å². The highest BCUT2D eigenvalue weighted by atomic mass is 16.4. The fraction of sp³-hybridized carbons (Fsp3) is 0.250.